The molecule has 2 heterocycles. The number of ether oxygens (including phenoxy) is 3. The largest absolute Gasteiger partial charge is 0.507 e. The van der Waals surface area contributed by atoms with E-state index in [0.717, 1.165) is 10.3 Å². The molecule has 8 nitrogen and oxygen atoms in total. The van der Waals surface area contributed by atoms with Crippen molar-refractivity contribution < 1.29 is 28.9 Å². The lowest BCUT2D eigenvalue weighted by Gasteiger charge is -2.23. The summed E-state index contributed by atoms with van der Waals surface area (Å²) < 4.78 is 16.7. The van der Waals surface area contributed by atoms with Gasteiger partial charge in [-0.15, -0.1) is 0 Å². The first-order valence-corrected chi connectivity index (χ1v) is 12.2. The zero-order valence-corrected chi connectivity index (χ0v) is 21.5. The van der Waals surface area contributed by atoms with Crippen LogP contribution in [0.25, 0.3) is 16.0 Å². The number of carbonyl (C=O) groups excluding carboxylic acids is 2. The van der Waals surface area contributed by atoms with Crippen molar-refractivity contribution in [1.29, 1.82) is 0 Å². The molecule has 1 fully saturated rings. The molecule has 1 N–H and O–H groups in total. The normalized spacial score (nSPS) is 16.9. The molecule has 1 amide bonds. The summed E-state index contributed by atoms with van der Waals surface area (Å²) in [6.07, 6.45) is 0. The van der Waals surface area contributed by atoms with Gasteiger partial charge in [-0.3, -0.25) is 14.5 Å². The highest BCUT2D eigenvalue weighted by molar-refractivity contribution is 7.22. The zero-order valence-electron chi connectivity index (χ0n) is 20.6. The maximum Gasteiger partial charge on any atom is 0.301 e. The minimum Gasteiger partial charge on any atom is -0.507 e. The lowest BCUT2D eigenvalue weighted by atomic mass is 9.95. The average Bonchev–Trinajstić information content (AvgIpc) is 3.45. The van der Waals surface area contributed by atoms with Gasteiger partial charge in [0.05, 0.1) is 43.2 Å². The molecule has 0 saturated carbocycles. The highest BCUT2D eigenvalue weighted by Gasteiger charge is 2.48. The van der Waals surface area contributed by atoms with Crippen LogP contribution < -0.4 is 19.1 Å². The van der Waals surface area contributed by atoms with Gasteiger partial charge in [0.25, 0.3) is 5.78 Å². The van der Waals surface area contributed by atoms with Crippen LogP contribution in [-0.2, 0) is 9.59 Å². The fraction of sp³-hybridized carbons (Fsp3) is 0.179. The number of hydrogen-bond acceptors (Lipinski definition) is 8. The average molecular weight is 517 g/mol. The van der Waals surface area contributed by atoms with E-state index in [9.17, 15) is 14.7 Å². The molecule has 0 bridgehead atoms. The third-order valence-electron chi connectivity index (χ3n) is 6.33. The molecule has 5 rings (SSSR count). The van der Waals surface area contributed by atoms with E-state index in [0.29, 0.717) is 39.0 Å². The van der Waals surface area contributed by atoms with Crippen LogP contribution >= 0.6 is 11.3 Å². The fourth-order valence-electron chi connectivity index (χ4n) is 4.44. The Morgan fingerprint density at radius 3 is 2.27 bits per heavy atom. The molecule has 9 heteroatoms. The molecule has 1 aliphatic rings. The van der Waals surface area contributed by atoms with E-state index in [4.69, 9.17) is 14.2 Å². The first-order valence-electron chi connectivity index (χ1n) is 11.4. The van der Waals surface area contributed by atoms with Crippen molar-refractivity contribution in [3.8, 4) is 17.2 Å². The van der Waals surface area contributed by atoms with Gasteiger partial charge in [-0.05, 0) is 66.6 Å². The van der Waals surface area contributed by atoms with Crippen molar-refractivity contribution in [1.82, 2.24) is 4.98 Å². The predicted octanol–water partition coefficient (Wildman–Crippen LogP) is 5.26. The lowest BCUT2D eigenvalue weighted by Crippen LogP contribution is -2.29. The molecule has 4 aromatic rings. The molecular formula is C28H24N2O6S. The standard InChI is InChI=1S/C28H24N2O6S/c1-15-13-17(7-12-21(15)36-4)25(31)23-24(16-5-8-18(34-2)9-6-16)30(27(33)26(23)32)28-29-20-11-10-19(35-3)14-22(20)37-28/h5-14,24,31H,1-4H3/b25-23+/t24-/m0/s1. The van der Waals surface area contributed by atoms with Crippen molar-refractivity contribution in [2.45, 2.75) is 13.0 Å². The Bertz CT molecular complexity index is 1560. The monoisotopic (exact) mass is 516 g/mol. The molecule has 37 heavy (non-hydrogen) atoms. The number of amides is 1. The molecule has 0 aliphatic carbocycles. The number of carbonyl (C=O) groups is 2. The van der Waals surface area contributed by atoms with Crippen molar-refractivity contribution in [2.75, 3.05) is 26.2 Å². The third-order valence-corrected chi connectivity index (χ3v) is 7.35. The van der Waals surface area contributed by atoms with Crippen molar-refractivity contribution in [2.24, 2.45) is 0 Å². The lowest BCUT2D eigenvalue weighted by molar-refractivity contribution is -0.132. The number of aliphatic hydroxyl groups excluding tert-OH is 1. The Kier molecular flexibility index (Phi) is 6.31. The molecule has 1 saturated heterocycles. The second-order valence-corrected chi connectivity index (χ2v) is 9.47. The number of fused-ring (bicyclic) bond motifs is 1. The predicted molar refractivity (Wildman–Crippen MR) is 142 cm³/mol. The Balaban J connectivity index is 1.70. The second-order valence-electron chi connectivity index (χ2n) is 8.46. The topological polar surface area (TPSA) is 98.2 Å². The van der Waals surface area contributed by atoms with Gasteiger partial charge in [-0.1, -0.05) is 23.5 Å². The molecule has 1 aliphatic heterocycles. The number of methoxy groups -OCH3 is 3. The number of benzene rings is 3. The Hall–Kier alpha value is -4.37. The van der Waals surface area contributed by atoms with Gasteiger partial charge in [0.1, 0.15) is 23.0 Å². The summed E-state index contributed by atoms with van der Waals surface area (Å²) in [6.45, 7) is 1.84. The molecular weight excluding hydrogens is 492 g/mol. The van der Waals surface area contributed by atoms with Gasteiger partial charge < -0.3 is 19.3 Å². The van der Waals surface area contributed by atoms with E-state index in [-0.39, 0.29) is 11.3 Å². The van der Waals surface area contributed by atoms with Gasteiger partial charge in [-0.2, -0.15) is 0 Å². The molecule has 1 atom stereocenters. The SMILES string of the molecule is COc1ccc([C@H]2/C(=C(\O)c3ccc(OC)c(C)c3)C(=O)C(=O)N2c2nc3ccc(OC)cc3s2)cc1. The first kappa shape index (κ1) is 24.3. The number of hydrogen-bond donors (Lipinski definition) is 1. The van der Waals surface area contributed by atoms with Crippen LogP contribution in [0.5, 0.6) is 17.2 Å². The number of aryl methyl sites for hydroxylation is 1. The van der Waals surface area contributed by atoms with Gasteiger partial charge in [-0.25, -0.2) is 4.98 Å². The molecule has 0 radical (unpaired) electrons. The van der Waals surface area contributed by atoms with E-state index >= 15 is 0 Å². The molecule has 3 aromatic carbocycles. The van der Waals surface area contributed by atoms with E-state index in [1.54, 1.807) is 75.9 Å². The summed E-state index contributed by atoms with van der Waals surface area (Å²) in [6, 6.07) is 16.6. The molecule has 188 valence electrons. The van der Waals surface area contributed by atoms with Crippen LogP contribution in [0.3, 0.4) is 0 Å². The van der Waals surface area contributed by atoms with Crippen LogP contribution in [-0.4, -0.2) is 43.1 Å². The Labute approximate surface area is 217 Å². The number of Topliss-reactive ketones (excluding diaryl/α,β-unsaturated/α-hetero) is 1. The Morgan fingerprint density at radius 2 is 1.62 bits per heavy atom. The minimum absolute atomic E-state index is 0.0171. The van der Waals surface area contributed by atoms with Crippen molar-refractivity contribution >= 4 is 44.1 Å². The van der Waals surface area contributed by atoms with Gasteiger partial charge in [0.15, 0.2) is 5.13 Å². The summed E-state index contributed by atoms with van der Waals surface area (Å²) in [5, 5.41) is 11.7. The quantitative estimate of drug-likeness (QED) is 0.212. The summed E-state index contributed by atoms with van der Waals surface area (Å²) >= 11 is 1.27. The van der Waals surface area contributed by atoms with E-state index in [1.807, 2.05) is 13.0 Å². The summed E-state index contributed by atoms with van der Waals surface area (Å²) in [7, 11) is 4.69. The molecule has 0 spiro atoms. The number of aromatic nitrogens is 1. The first-order chi connectivity index (χ1) is 17.9. The fourth-order valence-corrected chi connectivity index (χ4v) is 5.46. The van der Waals surface area contributed by atoms with Crippen LogP contribution in [0.1, 0.15) is 22.7 Å². The maximum absolute atomic E-state index is 13.5. The number of rotatable bonds is 6. The number of thiazole rings is 1. The van der Waals surface area contributed by atoms with E-state index < -0.39 is 17.7 Å². The van der Waals surface area contributed by atoms with Gasteiger partial charge in [0, 0.05) is 5.56 Å². The smallest absolute Gasteiger partial charge is 0.301 e. The number of nitrogens with zero attached hydrogens (tertiary/aromatic N) is 2. The second kappa shape index (κ2) is 9.59. The highest BCUT2D eigenvalue weighted by Crippen LogP contribution is 2.45. The van der Waals surface area contributed by atoms with E-state index in [2.05, 4.69) is 4.98 Å². The van der Waals surface area contributed by atoms with Gasteiger partial charge >= 0.3 is 5.91 Å². The Morgan fingerprint density at radius 1 is 0.919 bits per heavy atom. The number of aliphatic hydroxyl groups is 1. The minimum atomic E-state index is -0.893. The molecule has 1 aromatic heterocycles. The van der Waals surface area contributed by atoms with Crippen LogP contribution in [0, 0.1) is 6.92 Å². The zero-order chi connectivity index (χ0) is 26.3. The maximum atomic E-state index is 13.5. The van der Waals surface area contributed by atoms with Crippen molar-refractivity contribution in [3.05, 3.63) is 82.9 Å². The number of ketones is 1. The highest BCUT2D eigenvalue weighted by atomic mass is 32.1. The van der Waals surface area contributed by atoms with Crippen LogP contribution in [0.4, 0.5) is 5.13 Å². The van der Waals surface area contributed by atoms with Crippen molar-refractivity contribution in [3.63, 3.8) is 0 Å². The van der Waals surface area contributed by atoms with E-state index in [1.165, 1.54) is 16.2 Å². The summed E-state index contributed by atoms with van der Waals surface area (Å²) in [5.74, 6) is 0.107. The third kappa shape index (κ3) is 4.17. The summed E-state index contributed by atoms with van der Waals surface area (Å²) in [5.41, 5.74) is 2.47. The number of anilines is 1. The molecule has 0 unspecified atom stereocenters. The summed E-state index contributed by atoms with van der Waals surface area (Å²) in [4.78, 5) is 32.9. The van der Waals surface area contributed by atoms with Crippen LogP contribution in [0.15, 0.2) is 66.2 Å². The van der Waals surface area contributed by atoms with Crippen LogP contribution in [0.2, 0.25) is 0 Å². The van der Waals surface area contributed by atoms with Gasteiger partial charge in [0.2, 0.25) is 0 Å².